The molecule has 3 aliphatic rings. The summed E-state index contributed by atoms with van der Waals surface area (Å²) in [7, 11) is 4.45. The normalized spacial score (nSPS) is 21.2. The fourth-order valence-corrected chi connectivity index (χ4v) is 7.19. The van der Waals surface area contributed by atoms with Crippen molar-refractivity contribution in [2.75, 3.05) is 27.6 Å². The Hall–Kier alpha value is -4.26. The zero-order valence-corrected chi connectivity index (χ0v) is 26.0. The van der Waals surface area contributed by atoms with Crippen LogP contribution in [0.15, 0.2) is 34.9 Å². The van der Waals surface area contributed by atoms with Gasteiger partial charge < -0.3 is 37.9 Å². The van der Waals surface area contributed by atoms with Gasteiger partial charge in [-0.25, -0.2) is 4.79 Å². The van der Waals surface area contributed by atoms with Crippen LogP contribution in [0.3, 0.4) is 0 Å². The maximum atomic E-state index is 13.8. The van der Waals surface area contributed by atoms with E-state index in [9.17, 15) is 14.7 Å². The van der Waals surface area contributed by atoms with Gasteiger partial charge in [-0.1, -0.05) is 23.2 Å². The lowest BCUT2D eigenvalue weighted by atomic mass is 9.66. The highest BCUT2D eigenvalue weighted by molar-refractivity contribution is 6.42. The number of methoxy groups -OCH3 is 2. The number of phenols is 1. The summed E-state index contributed by atoms with van der Waals surface area (Å²) in [6.07, 6.45) is 0.407. The molecule has 4 heterocycles. The minimum absolute atomic E-state index is 0.0110. The van der Waals surface area contributed by atoms with Gasteiger partial charge in [-0.05, 0) is 47.0 Å². The molecule has 1 N–H and O–H groups in total. The van der Waals surface area contributed by atoms with Crippen LogP contribution < -0.4 is 18.9 Å². The SMILES string of the molecule is COc1cc([C@@H]2c3cc4c(cc3[C@H](OC(=O)c3oc(Cl)c(-c5c(Cl)cnn5C)c3Cl)[C@H]3COC(=O)[C@@H]23)OCO4)cc(OC)c1O. The van der Waals surface area contributed by atoms with Crippen LogP contribution in [0.5, 0.6) is 28.7 Å². The molecule has 0 spiro atoms. The van der Waals surface area contributed by atoms with E-state index in [2.05, 4.69) is 5.10 Å². The maximum absolute atomic E-state index is 13.8. The van der Waals surface area contributed by atoms with Gasteiger partial charge in [0.15, 0.2) is 23.0 Å². The Morgan fingerprint density at radius 3 is 2.31 bits per heavy atom. The molecule has 0 bridgehead atoms. The van der Waals surface area contributed by atoms with E-state index in [-0.39, 0.29) is 57.2 Å². The second-order valence-corrected chi connectivity index (χ2v) is 11.7. The van der Waals surface area contributed by atoms with Crippen LogP contribution in [0.1, 0.15) is 39.3 Å². The molecule has 4 atom stereocenters. The first-order valence-corrected chi connectivity index (χ1v) is 14.7. The quantitative estimate of drug-likeness (QED) is 0.243. The Labute approximate surface area is 270 Å². The van der Waals surface area contributed by atoms with E-state index in [1.165, 1.54) is 25.1 Å². The number of aromatic hydroxyl groups is 1. The van der Waals surface area contributed by atoms with Crippen LogP contribution in [0.2, 0.25) is 15.3 Å². The summed E-state index contributed by atoms with van der Waals surface area (Å²) in [6.45, 7) is -0.0519. The van der Waals surface area contributed by atoms with Crippen molar-refractivity contribution in [2.24, 2.45) is 18.9 Å². The molecule has 0 amide bonds. The number of benzene rings is 2. The molecule has 4 aromatic rings. The van der Waals surface area contributed by atoms with Crippen molar-refractivity contribution in [3.8, 4) is 40.0 Å². The van der Waals surface area contributed by atoms with Crippen molar-refractivity contribution in [3.63, 3.8) is 0 Å². The number of phenolic OH excluding ortho intramolecular Hbond substituents is 1. The molecule has 234 valence electrons. The summed E-state index contributed by atoms with van der Waals surface area (Å²) < 4.78 is 40.8. The van der Waals surface area contributed by atoms with Gasteiger partial charge in [0.1, 0.15) is 11.1 Å². The Balaban J connectivity index is 1.35. The van der Waals surface area contributed by atoms with E-state index in [1.807, 2.05) is 0 Å². The number of furan rings is 1. The average Bonchev–Trinajstić information content (AvgIpc) is 3.79. The van der Waals surface area contributed by atoms with Crippen LogP contribution in [0.25, 0.3) is 11.3 Å². The smallest absolute Gasteiger partial charge is 0.376 e. The summed E-state index contributed by atoms with van der Waals surface area (Å²) >= 11 is 19.3. The van der Waals surface area contributed by atoms with Gasteiger partial charge in [-0.3, -0.25) is 9.48 Å². The molecule has 15 heteroatoms. The van der Waals surface area contributed by atoms with Crippen molar-refractivity contribution in [1.29, 1.82) is 0 Å². The second kappa shape index (κ2) is 11.0. The van der Waals surface area contributed by atoms with Gasteiger partial charge in [0.2, 0.25) is 23.5 Å². The Morgan fingerprint density at radius 2 is 1.69 bits per heavy atom. The van der Waals surface area contributed by atoms with Gasteiger partial charge in [0.25, 0.3) is 0 Å². The van der Waals surface area contributed by atoms with Gasteiger partial charge in [-0.2, -0.15) is 5.10 Å². The van der Waals surface area contributed by atoms with Gasteiger partial charge in [0.05, 0.1) is 49.2 Å². The molecule has 12 nitrogen and oxygen atoms in total. The number of nitrogens with zero attached hydrogens (tertiary/aromatic N) is 2. The first-order valence-electron chi connectivity index (χ1n) is 13.5. The molecule has 1 fully saturated rings. The number of ether oxygens (including phenoxy) is 6. The molecule has 0 saturated carbocycles. The van der Waals surface area contributed by atoms with Crippen LogP contribution >= 0.6 is 34.8 Å². The van der Waals surface area contributed by atoms with Crippen molar-refractivity contribution >= 4 is 46.7 Å². The number of fused-ring (bicyclic) bond motifs is 3. The largest absolute Gasteiger partial charge is 0.502 e. The lowest BCUT2D eigenvalue weighted by molar-refractivity contribution is -0.141. The Bertz CT molecular complexity index is 1840. The van der Waals surface area contributed by atoms with Crippen molar-refractivity contribution in [3.05, 3.63) is 68.2 Å². The number of rotatable bonds is 6. The third-order valence-corrected chi connectivity index (χ3v) is 9.24. The Kier molecular flexibility index (Phi) is 7.18. The van der Waals surface area contributed by atoms with E-state index in [1.54, 1.807) is 31.3 Å². The highest BCUT2D eigenvalue weighted by Gasteiger charge is 2.54. The molecule has 2 aromatic heterocycles. The van der Waals surface area contributed by atoms with Gasteiger partial charge >= 0.3 is 11.9 Å². The third kappa shape index (κ3) is 4.53. The average molecular weight is 678 g/mol. The number of aryl methyl sites for hydroxylation is 1. The van der Waals surface area contributed by atoms with Crippen molar-refractivity contribution in [2.45, 2.75) is 12.0 Å². The molecule has 1 aliphatic carbocycles. The topological polar surface area (TPSA) is 141 Å². The second-order valence-electron chi connectivity index (χ2n) is 10.6. The summed E-state index contributed by atoms with van der Waals surface area (Å²) in [5.41, 5.74) is 2.28. The number of hydrogen-bond donors (Lipinski definition) is 1. The number of aromatic nitrogens is 2. The number of carbonyl (C=O) groups is 2. The van der Waals surface area contributed by atoms with Crippen molar-refractivity contribution < 1.29 is 47.5 Å². The Morgan fingerprint density at radius 1 is 1.02 bits per heavy atom. The first kappa shape index (κ1) is 29.5. The fraction of sp³-hybridized carbons (Fsp3) is 0.300. The summed E-state index contributed by atoms with van der Waals surface area (Å²) in [5, 5.41) is 14.6. The van der Waals surface area contributed by atoms with Crippen LogP contribution in [0.4, 0.5) is 0 Å². The van der Waals surface area contributed by atoms with Crippen LogP contribution in [-0.4, -0.2) is 54.4 Å². The molecule has 2 aromatic carbocycles. The molecule has 0 unspecified atom stereocenters. The number of halogens is 3. The zero-order chi connectivity index (χ0) is 31.7. The van der Waals surface area contributed by atoms with E-state index in [0.29, 0.717) is 33.9 Å². The van der Waals surface area contributed by atoms with Gasteiger partial charge in [0, 0.05) is 24.4 Å². The number of cyclic esters (lactones) is 1. The maximum Gasteiger partial charge on any atom is 0.376 e. The van der Waals surface area contributed by atoms with Crippen molar-refractivity contribution in [1.82, 2.24) is 9.78 Å². The molecule has 7 rings (SSSR count). The highest BCUT2D eigenvalue weighted by atomic mass is 35.5. The van der Waals surface area contributed by atoms with Crippen LogP contribution in [0, 0.1) is 11.8 Å². The molecular formula is C30H23Cl3N2O10. The third-order valence-electron chi connectivity index (χ3n) is 8.34. The number of esters is 2. The predicted molar refractivity (Wildman–Crippen MR) is 158 cm³/mol. The lowest BCUT2D eigenvalue weighted by Gasteiger charge is -2.38. The van der Waals surface area contributed by atoms with E-state index < -0.39 is 35.8 Å². The standard InChI is InChI=1S/C30H23Cl3N2O10/c1-35-24(15(31)8-34-35)22-23(32)27(44-28(22)33)30(38)45-26-13-7-17-16(42-10-43-17)6-12(13)20(21-14(26)9-41-29(21)37)11-4-18(39-2)25(36)19(5-11)40-3/h4-8,14,20-21,26,36H,9-10H2,1-3H3/t14-,20+,21+,26-/m0/s1. The van der Waals surface area contributed by atoms with E-state index >= 15 is 0 Å². The minimum atomic E-state index is -1.00. The molecular weight excluding hydrogens is 655 g/mol. The van der Waals surface area contributed by atoms with Gasteiger partial charge in [-0.15, -0.1) is 0 Å². The summed E-state index contributed by atoms with van der Waals surface area (Å²) in [4.78, 5) is 27.2. The van der Waals surface area contributed by atoms with Crippen LogP contribution in [-0.2, 0) is 21.3 Å². The summed E-state index contributed by atoms with van der Waals surface area (Å²) in [5.74, 6) is -2.86. The monoisotopic (exact) mass is 676 g/mol. The van der Waals surface area contributed by atoms with E-state index in [0.717, 1.165) is 0 Å². The fourth-order valence-electron chi connectivity index (χ4n) is 6.33. The zero-order valence-electron chi connectivity index (χ0n) is 23.8. The molecule has 1 saturated heterocycles. The molecule has 45 heavy (non-hydrogen) atoms. The number of carbonyl (C=O) groups excluding carboxylic acids is 2. The molecule has 2 aliphatic heterocycles. The summed E-state index contributed by atoms with van der Waals surface area (Å²) in [6, 6.07) is 6.72. The lowest BCUT2D eigenvalue weighted by Crippen LogP contribution is -2.36. The highest BCUT2D eigenvalue weighted by Crippen LogP contribution is 2.57. The molecule has 0 radical (unpaired) electrons. The first-order chi connectivity index (χ1) is 21.6. The van der Waals surface area contributed by atoms with E-state index in [4.69, 9.17) is 67.6 Å². The predicted octanol–water partition coefficient (Wildman–Crippen LogP) is 5.92. The number of hydrogen-bond acceptors (Lipinski definition) is 11. The minimum Gasteiger partial charge on any atom is -0.502 e.